The lowest BCUT2D eigenvalue weighted by molar-refractivity contribution is -0.133. The standard InChI is InChI=1S/C16H32N2O/c1-8-12(6)13(7)18-14(9-10(2)3)17-15(11(4)5)16(18)19/h10-15,17H,8-9H2,1-7H3. The Hall–Kier alpha value is -0.570. The summed E-state index contributed by atoms with van der Waals surface area (Å²) in [6, 6.07) is 0.313. The van der Waals surface area contributed by atoms with Gasteiger partial charge in [-0.3, -0.25) is 10.1 Å². The van der Waals surface area contributed by atoms with E-state index in [1.54, 1.807) is 0 Å². The van der Waals surface area contributed by atoms with Crippen LogP contribution in [-0.2, 0) is 4.79 Å². The van der Waals surface area contributed by atoms with Crippen LogP contribution in [0.1, 0.15) is 61.3 Å². The summed E-state index contributed by atoms with van der Waals surface area (Å²) in [5.41, 5.74) is 0. The van der Waals surface area contributed by atoms with E-state index in [2.05, 4.69) is 58.7 Å². The van der Waals surface area contributed by atoms with Gasteiger partial charge in [0.25, 0.3) is 0 Å². The molecule has 1 saturated heterocycles. The molecule has 19 heavy (non-hydrogen) atoms. The maximum absolute atomic E-state index is 12.7. The fourth-order valence-corrected chi connectivity index (χ4v) is 2.88. The van der Waals surface area contributed by atoms with Gasteiger partial charge in [0.1, 0.15) is 0 Å². The Kier molecular flexibility index (Phi) is 5.84. The molecule has 1 heterocycles. The topological polar surface area (TPSA) is 32.3 Å². The summed E-state index contributed by atoms with van der Waals surface area (Å²) in [5.74, 6) is 1.80. The molecule has 0 aromatic heterocycles. The monoisotopic (exact) mass is 268 g/mol. The molecule has 0 aliphatic carbocycles. The maximum Gasteiger partial charge on any atom is 0.241 e. The summed E-state index contributed by atoms with van der Waals surface area (Å²) in [5, 5.41) is 3.56. The van der Waals surface area contributed by atoms with E-state index < -0.39 is 0 Å². The van der Waals surface area contributed by atoms with Gasteiger partial charge in [-0.25, -0.2) is 0 Å². The van der Waals surface area contributed by atoms with Gasteiger partial charge in [-0.05, 0) is 31.1 Å². The van der Waals surface area contributed by atoms with E-state index in [1.165, 1.54) is 0 Å². The third-order valence-corrected chi connectivity index (χ3v) is 4.50. The Morgan fingerprint density at radius 1 is 1.16 bits per heavy atom. The maximum atomic E-state index is 12.7. The van der Waals surface area contributed by atoms with Crippen molar-refractivity contribution in [2.75, 3.05) is 0 Å². The van der Waals surface area contributed by atoms with Crippen molar-refractivity contribution in [1.82, 2.24) is 10.2 Å². The van der Waals surface area contributed by atoms with E-state index in [0.717, 1.165) is 12.8 Å². The average molecular weight is 268 g/mol. The second kappa shape index (κ2) is 6.74. The number of rotatable bonds is 6. The molecule has 4 unspecified atom stereocenters. The normalized spacial score (nSPS) is 27.4. The molecule has 1 N–H and O–H groups in total. The number of nitrogens with one attached hydrogen (secondary N) is 1. The first kappa shape index (κ1) is 16.5. The summed E-state index contributed by atoms with van der Waals surface area (Å²) in [6.45, 7) is 15.3. The van der Waals surface area contributed by atoms with Gasteiger partial charge in [-0.2, -0.15) is 0 Å². The molecule has 4 atom stereocenters. The van der Waals surface area contributed by atoms with Crippen LogP contribution in [-0.4, -0.2) is 29.1 Å². The molecule has 0 aromatic rings. The zero-order chi connectivity index (χ0) is 14.7. The Morgan fingerprint density at radius 2 is 1.74 bits per heavy atom. The van der Waals surface area contributed by atoms with Crippen LogP contribution in [0.4, 0.5) is 0 Å². The van der Waals surface area contributed by atoms with E-state index in [9.17, 15) is 4.79 Å². The van der Waals surface area contributed by atoms with Crippen molar-refractivity contribution >= 4 is 5.91 Å². The quantitative estimate of drug-likeness (QED) is 0.802. The lowest BCUT2D eigenvalue weighted by Crippen LogP contribution is -2.46. The molecule has 112 valence electrons. The van der Waals surface area contributed by atoms with Gasteiger partial charge in [0.2, 0.25) is 5.91 Å². The highest BCUT2D eigenvalue weighted by atomic mass is 16.2. The number of amides is 1. The van der Waals surface area contributed by atoms with E-state index in [0.29, 0.717) is 29.7 Å². The molecule has 3 nitrogen and oxygen atoms in total. The predicted molar refractivity (Wildman–Crippen MR) is 80.8 cm³/mol. The zero-order valence-corrected chi connectivity index (χ0v) is 13.7. The van der Waals surface area contributed by atoms with Gasteiger partial charge in [0.15, 0.2) is 0 Å². The molecule has 3 heteroatoms. The predicted octanol–water partition coefficient (Wildman–Crippen LogP) is 3.25. The summed E-state index contributed by atoms with van der Waals surface area (Å²) in [4.78, 5) is 14.8. The Labute approximate surface area is 119 Å². The second-order valence-electron chi connectivity index (χ2n) is 6.91. The minimum atomic E-state index is -0.00439. The minimum Gasteiger partial charge on any atom is -0.323 e. The molecule has 1 fully saturated rings. The average Bonchev–Trinajstić information content (AvgIpc) is 2.63. The summed E-state index contributed by atoms with van der Waals surface area (Å²) in [7, 11) is 0. The zero-order valence-electron chi connectivity index (χ0n) is 13.7. The van der Waals surface area contributed by atoms with Crippen LogP contribution in [0.25, 0.3) is 0 Å². The van der Waals surface area contributed by atoms with Gasteiger partial charge >= 0.3 is 0 Å². The molecule has 1 aliphatic rings. The molecule has 0 radical (unpaired) electrons. The fourth-order valence-electron chi connectivity index (χ4n) is 2.88. The highest BCUT2D eigenvalue weighted by Crippen LogP contribution is 2.27. The number of carbonyl (C=O) groups excluding carboxylic acids is 1. The van der Waals surface area contributed by atoms with E-state index >= 15 is 0 Å². The summed E-state index contributed by atoms with van der Waals surface area (Å²) in [6.07, 6.45) is 2.37. The van der Waals surface area contributed by atoms with E-state index in [1.807, 2.05) is 0 Å². The largest absolute Gasteiger partial charge is 0.323 e. The van der Waals surface area contributed by atoms with Gasteiger partial charge in [0.05, 0.1) is 12.2 Å². The number of hydrogen-bond donors (Lipinski definition) is 1. The molecule has 0 aromatic carbocycles. The SMILES string of the molecule is CCC(C)C(C)N1C(=O)C(C(C)C)NC1CC(C)C. The van der Waals surface area contributed by atoms with Crippen LogP contribution < -0.4 is 5.32 Å². The smallest absolute Gasteiger partial charge is 0.241 e. The molecule has 0 spiro atoms. The van der Waals surface area contributed by atoms with Crippen LogP contribution in [0, 0.1) is 17.8 Å². The second-order valence-corrected chi connectivity index (χ2v) is 6.91. The van der Waals surface area contributed by atoms with E-state index in [-0.39, 0.29) is 12.2 Å². The first-order valence-corrected chi connectivity index (χ1v) is 7.87. The summed E-state index contributed by atoms with van der Waals surface area (Å²) < 4.78 is 0. The van der Waals surface area contributed by atoms with Crippen LogP contribution in [0.15, 0.2) is 0 Å². The molecule has 0 bridgehead atoms. The lowest BCUT2D eigenvalue weighted by atomic mass is 9.97. The fraction of sp³-hybridized carbons (Fsp3) is 0.938. The van der Waals surface area contributed by atoms with Crippen LogP contribution in [0.3, 0.4) is 0 Å². The number of carbonyl (C=O) groups is 1. The highest BCUT2D eigenvalue weighted by molar-refractivity contribution is 5.85. The van der Waals surface area contributed by atoms with Crippen LogP contribution in [0.5, 0.6) is 0 Å². The lowest BCUT2D eigenvalue weighted by Gasteiger charge is -2.34. The van der Waals surface area contributed by atoms with Crippen molar-refractivity contribution in [3.8, 4) is 0 Å². The molecule has 1 rings (SSSR count). The highest BCUT2D eigenvalue weighted by Gasteiger charge is 2.43. The Morgan fingerprint density at radius 3 is 2.16 bits per heavy atom. The first-order valence-electron chi connectivity index (χ1n) is 7.87. The van der Waals surface area contributed by atoms with Crippen molar-refractivity contribution in [1.29, 1.82) is 0 Å². The van der Waals surface area contributed by atoms with Gasteiger partial charge in [-0.15, -0.1) is 0 Å². The van der Waals surface area contributed by atoms with E-state index in [4.69, 9.17) is 0 Å². The third kappa shape index (κ3) is 3.71. The Balaban J connectivity index is 2.91. The molecule has 1 aliphatic heterocycles. The van der Waals surface area contributed by atoms with Crippen molar-refractivity contribution in [2.24, 2.45) is 17.8 Å². The first-order chi connectivity index (χ1) is 8.79. The van der Waals surface area contributed by atoms with Gasteiger partial charge in [0, 0.05) is 6.04 Å². The minimum absolute atomic E-state index is 0.00439. The molecular formula is C16H32N2O. The van der Waals surface area contributed by atoms with Gasteiger partial charge in [-0.1, -0.05) is 48.0 Å². The molecule has 0 saturated carbocycles. The van der Waals surface area contributed by atoms with Crippen LogP contribution in [0.2, 0.25) is 0 Å². The summed E-state index contributed by atoms with van der Waals surface area (Å²) >= 11 is 0. The van der Waals surface area contributed by atoms with Crippen molar-refractivity contribution in [3.63, 3.8) is 0 Å². The number of nitrogens with zero attached hydrogens (tertiary/aromatic N) is 1. The van der Waals surface area contributed by atoms with Crippen LogP contribution >= 0.6 is 0 Å². The van der Waals surface area contributed by atoms with Crippen molar-refractivity contribution in [2.45, 2.75) is 79.6 Å². The van der Waals surface area contributed by atoms with Crippen molar-refractivity contribution in [3.05, 3.63) is 0 Å². The number of hydrogen-bond acceptors (Lipinski definition) is 2. The molecular weight excluding hydrogens is 236 g/mol. The van der Waals surface area contributed by atoms with Crippen molar-refractivity contribution < 1.29 is 4.79 Å². The Bertz CT molecular complexity index is 301. The molecule has 1 amide bonds. The third-order valence-electron chi connectivity index (χ3n) is 4.50. The van der Waals surface area contributed by atoms with Gasteiger partial charge < -0.3 is 4.90 Å².